The summed E-state index contributed by atoms with van der Waals surface area (Å²) in [5.74, 6) is -8.83. The van der Waals surface area contributed by atoms with Crippen molar-refractivity contribution in [2.45, 2.75) is 0 Å². The maximum absolute atomic E-state index is 14.8. The highest BCUT2D eigenvalue weighted by molar-refractivity contribution is 6.23. The Morgan fingerprint density at radius 2 is 1.28 bits per heavy atom. The first-order chi connectivity index (χ1) is 20.4. The van der Waals surface area contributed by atoms with Gasteiger partial charge in [-0.1, -0.05) is 0 Å². The normalized spacial score (nSPS) is 10.7. The fourth-order valence-electron chi connectivity index (χ4n) is 4.37. The molecule has 0 bridgehead atoms. The number of pyridine rings is 3. The van der Waals surface area contributed by atoms with E-state index in [0.29, 0.717) is 10.8 Å². The Hall–Kier alpha value is -6.80. The highest BCUT2D eigenvalue weighted by Gasteiger charge is 2.22. The maximum Gasteiger partial charge on any atom is 0.173 e. The molecule has 43 heavy (non-hydrogen) atoms. The molecular formula is C26H15F4N13. The van der Waals surface area contributed by atoms with E-state index in [1.807, 2.05) is 12.1 Å². The molecule has 212 valence electrons. The molecule has 0 radical (unpaired) electrons. The third-order valence-corrected chi connectivity index (χ3v) is 6.41. The van der Waals surface area contributed by atoms with Crippen molar-refractivity contribution in [1.82, 2.24) is 20.4 Å². The Bertz CT molecular complexity index is 2300. The molecule has 3 heterocycles. The number of hydrogen-bond donors (Lipinski definition) is 7. The summed E-state index contributed by atoms with van der Waals surface area (Å²) < 4.78 is 58.5. The molecule has 5 rings (SSSR count). The summed E-state index contributed by atoms with van der Waals surface area (Å²) in [6, 6.07) is 9.23. The van der Waals surface area contributed by atoms with Crippen molar-refractivity contribution in [1.29, 1.82) is 15.8 Å². The Balaban J connectivity index is 1.76. The number of rotatable bonds is 3. The van der Waals surface area contributed by atoms with E-state index in [-0.39, 0.29) is 56.2 Å². The van der Waals surface area contributed by atoms with Gasteiger partial charge in [0.15, 0.2) is 29.0 Å². The average Bonchev–Trinajstić information content (AvgIpc) is 2.99. The average molecular weight is 585 g/mol. The summed E-state index contributed by atoms with van der Waals surface area (Å²) in [4.78, 5) is 13.0. The van der Waals surface area contributed by atoms with Crippen LogP contribution in [0.2, 0.25) is 0 Å². The molecule has 0 atom stereocenters. The molecular weight excluding hydrogens is 570 g/mol. The SMILES string of the molecule is N#CC(N)=c1c(F)c(F)c(=C(N)NNc2cc3c4cc(N)c(N)nc4c4nc(N)c(C#N)cc4c3nc2C#N)c(F)c1F. The van der Waals surface area contributed by atoms with Gasteiger partial charge in [-0.05, 0) is 18.2 Å². The molecule has 0 fully saturated rings. The molecule has 0 aliphatic heterocycles. The lowest BCUT2D eigenvalue weighted by molar-refractivity contribution is 0.433. The van der Waals surface area contributed by atoms with Crippen LogP contribution < -0.4 is 50.0 Å². The van der Waals surface area contributed by atoms with Gasteiger partial charge in [-0.3, -0.25) is 10.9 Å². The van der Waals surface area contributed by atoms with E-state index in [9.17, 15) is 28.1 Å². The molecule has 0 unspecified atom stereocenters. The Morgan fingerprint density at radius 3 is 1.88 bits per heavy atom. The van der Waals surface area contributed by atoms with Crippen molar-refractivity contribution >= 4 is 67.2 Å². The quantitative estimate of drug-likeness (QED) is 0.0663. The lowest BCUT2D eigenvalue weighted by atomic mass is 10.0. The summed E-state index contributed by atoms with van der Waals surface area (Å²) in [7, 11) is 0. The smallest absolute Gasteiger partial charge is 0.173 e. The van der Waals surface area contributed by atoms with Crippen molar-refractivity contribution in [3.05, 3.63) is 63.2 Å². The maximum atomic E-state index is 14.8. The molecule has 12 N–H and O–H groups in total. The largest absolute Gasteiger partial charge is 0.396 e. The number of hydrazine groups is 1. The van der Waals surface area contributed by atoms with Crippen LogP contribution in [0.25, 0.3) is 44.2 Å². The fourth-order valence-corrected chi connectivity index (χ4v) is 4.37. The number of halogens is 4. The number of nitriles is 3. The minimum absolute atomic E-state index is 0.0202. The number of nitrogens with zero attached hydrogens (tertiary/aromatic N) is 6. The standard InChI is InChI=1S/C26H15F4N13/c27-17-15(12(35)5-32)18(28)20(30)16(19(17)29)26(38)43-42-13-3-9-8-2-11(34)25(37)41-22(8)23-10(21(9)39-14(13)6-33)1-7(4-31)24(36)40-23/h1-3,42-43H,34-35,38H2,(H2,36,40)(H2,37,41). The van der Waals surface area contributed by atoms with Gasteiger partial charge in [-0.15, -0.1) is 0 Å². The first kappa shape index (κ1) is 27.8. The number of hydrogen-bond acceptors (Lipinski definition) is 13. The van der Waals surface area contributed by atoms with Gasteiger partial charge >= 0.3 is 0 Å². The molecule has 2 aromatic carbocycles. The van der Waals surface area contributed by atoms with Gasteiger partial charge < -0.3 is 28.7 Å². The molecule has 0 spiro atoms. The number of anilines is 4. The van der Waals surface area contributed by atoms with E-state index < -0.39 is 45.2 Å². The van der Waals surface area contributed by atoms with Crippen LogP contribution >= 0.6 is 0 Å². The number of nitrogens with two attached hydrogens (primary N) is 5. The van der Waals surface area contributed by atoms with E-state index in [1.165, 1.54) is 24.3 Å². The van der Waals surface area contributed by atoms with E-state index in [0.717, 1.165) is 0 Å². The first-order valence-corrected chi connectivity index (χ1v) is 11.7. The number of aromatic nitrogens is 3. The number of nitrogens with one attached hydrogen (secondary N) is 2. The minimum atomic E-state index is -1.95. The first-order valence-electron chi connectivity index (χ1n) is 11.7. The van der Waals surface area contributed by atoms with E-state index >= 15 is 0 Å². The van der Waals surface area contributed by atoms with Gasteiger partial charge in [0.1, 0.15) is 46.9 Å². The predicted octanol–water partition coefficient (Wildman–Crippen LogP) is 0.609. The third kappa shape index (κ3) is 4.19. The topological polar surface area (TPSA) is 264 Å². The van der Waals surface area contributed by atoms with Crippen molar-refractivity contribution in [3.63, 3.8) is 0 Å². The van der Waals surface area contributed by atoms with Crippen molar-refractivity contribution < 1.29 is 17.6 Å². The Morgan fingerprint density at radius 1 is 0.698 bits per heavy atom. The summed E-state index contributed by atoms with van der Waals surface area (Å²) in [6.07, 6.45) is 0. The van der Waals surface area contributed by atoms with Crippen LogP contribution in [-0.4, -0.2) is 15.0 Å². The number of benzene rings is 2. The van der Waals surface area contributed by atoms with Gasteiger partial charge in [0.2, 0.25) is 0 Å². The molecule has 5 aromatic rings. The lowest BCUT2D eigenvalue weighted by Crippen LogP contribution is -2.39. The highest BCUT2D eigenvalue weighted by atomic mass is 19.2. The highest BCUT2D eigenvalue weighted by Crippen LogP contribution is 2.37. The van der Waals surface area contributed by atoms with E-state index in [2.05, 4.69) is 25.8 Å². The van der Waals surface area contributed by atoms with Crippen molar-refractivity contribution in [2.75, 3.05) is 22.6 Å². The second-order valence-electron chi connectivity index (χ2n) is 8.88. The molecule has 13 nitrogen and oxygen atoms in total. The van der Waals surface area contributed by atoms with Gasteiger partial charge in [0.05, 0.1) is 38.4 Å². The number of nitrogen functional groups attached to an aromatic ring is 3. The Labute approximate surface area is 236 Å². The summed E-state index contributed by atoms with van der Waals surface area (Å²) in [5, 5.41) is 26.3. The molecule has 0 amide bonds. The summed E-state index contributed by atoms with van der Waals surface area (Å²) >= 11 is 0. The van der Waals surface area contributed by atoms with Crippen LogP contribution in [0, 0.1) is 57.3 Å². The zero-order valence-electron chi connectivity index (χ0n) is 21.3. The van der Waals surface area contributed by atoms with Gasteiger partial charge in [-0.25, -0.2) is 32.5 Å². The predicted molar refractivity (Wildman–Crippen MR) is 148 cm³/mol. The lowest BCUT2D eigenvalue weighted by Gasteiger charge is -2.15. The van der Waals surface area contributed by atoms with Crippen LogP contribution in [0.15, 0.2) is 18.2 Å². The monoisotopic (exact) mass is 585 g/mol. The fraction of sp³-hybridized carbons (Fsp3) is 0. The third-order valence-electron chi connectivity index (χ3n) is 6.41. The molecule has 0 saturated heterocycles. The zero-order valence-corrected chi connectivity index (χ0v) is 21.3. The van der Waals surface area contributed by atoms with Crippen molar-refractivity contribution in [2.24, 2.45) is 11.5 Å². The minimum Gasteiger partial charge on any atom is -0.396 e. The second kappa shape index (κ2) is 9.99. The Kier molecular flexibility index (Phi) is 6.45. The van der Waals surface area contributed by atoms with Gasteiger partial charge in [0, 0.05) is 16.2 Å². The van der Waals surface area contributed by atoms with Crippen LogP contribution in [0.1, 0.15) is 11.3 Å². The molecule has 3 aromatic heterocycles. The molecule has 0 aliphatic carbocycles. The summed E-state index contributed by atoms with van der Waals surface area (Å²) in [6.45, 7) is 0. The van der Waals surface area contributed by atoms with Gasteiger partial charge in [0.25, 0.3) is 0 Å². The molecule has 0 saturated carbocycles. The van der Waals surface area contributed by atoms with E-state index in [1.54, 1.807) is 0 Å². The molecule has 0 aliphatic rings. The van der Waals surface area contributed by atoms with Crippen LogP contribution in [-0.2, 0) is 0 Å². The van der Waals surface area contributed by atoms with Crippen LogP contribution in [0.4, 0.5) is 40.6 Å². The second-order valence-corrected chi connectivity index (χ2v) is 8.88. The van der Waals surface area contributed by atoms with Crippen LogP contribution in [0.3, 0.4) is 0 Å². The zero-order chi connectivity index (χ0) is 31.3. The van der Waals surface area contributed by atoms with E-state index in [4.69, 9.17) is 33.9 Å². The van der Waals surface area contributed by atoms with Gasteiger partial charge in [-0.2, -0.15) is 15.8 Å². The molecule has 17 heteroatoms. The van der Waals surface area contributed by atoms with Crippen molar-refractivity contribution in [3.8, 4) is 18.2 Å². The number of fused-ring (bicyclic) bond motifs is 6. The summed E-state index contributed by atoms with van der Waals surface area (Å²) in [5.41, 5.74) is 32.6. The van der Waals surface area contributed by atoms with Crippen LogP contribution in [0.5, 0.6) is 0 Å².